The van der Waals surface area contributed by atoms with Crippen molar-refractivity contribution in [3.63, 3.8) is 0 Å². The van der Waals surface area contributed by atoms with Crippen molar-refractivity contribution in [1.82, 2.24) is 0 Å². The molecule has 4 N–H and O–H groups in total. The van der Waals surface area contributed by atoms with Crippen LogP contribution in [0, 0.1) is 0 Å². The summed E-state index contributed by atoms with van der Waals surface area (Å²) in [6.45, 7) is 1.37. The second kappa shape index (κ2) is 6.44. The maximum Gasteiger partial charge on any atom is 0.328 e. The molecule has 2 atom stereocenters. The highest BCUT2D eigenvalue weighted by molar-refractivity contribution is 5.90. The molecule has 2 aromatic rings. The fourth-order valence-corrected chi connectivity index (χ4v) is 3.10. The highest BCUT2D eigenvalue weighted by Gasteiger charge is 2.41. The van der Waals surface area contributed by atoms with E-state index in [1.54, 1.807) is 0 Å². The largest absolute Gasteiger partial charge is 0.504 e. The molecular weight excluding hydrogens is 340 g/mol. The molecule has 2 aromatic carbocycles. The summed E-state index contributed by atoms with van der Waals surface area (Å²) in [7, 11) is 0. The van der Waals surface area contributed by atoms with Crippen molar-refractivity contribution < 1.29 is 34.8 Å². The van der Waals surface area contributed by atoms with E-state index in [1.807, 2.05) is 0 Å². The minimum absolute atomic E-state index is 0.0929. The van der Waals surface area contributed by atoms with Gasteiger partial charge in [0.2, 0.25) is 0 Å². The maximum absolute atomic E-state index is 12.3. The Hall–Kier alpha value is -3.48. The van der Waals surface area contributed by atoms with Gasteiger partial charge in [-0.15, -0.1) is 0 Å². The molecule has 0 bridgehead atoms. The van der Waals surface area contributed by atoms with Crippen LogP contribution in [0.15, 0.2) is 36.4 Å². The zero-order chi connectivity index (χ0) is 19.0. The predicted molar refractivity (Wildman–Crippen MR) is 91.3 cm³/mol. The Morgan fingerprint density at radius 3 is 2.35 bits per heavy atom. The van der Waals surface area contributed by atoms with Gasteiger partial charge in [-0.3, -0.25) is 4.79 Å². The van der Waals surface area contributed by atoms with E-state index in [9.17, 15) is 24.9 Å². The minimum Gasteiger partial charge on any atom is -0.504 e. The predicted octanol–water partition coefficient (Wildman–Crippen LogP) is 2.71. The molecule has 0 radical (unpaired) electrons. The highest BCUT2D eigenvalue weighted by atomic mass is 16.5. The third-order valence-corrected chi connectivity index (χ3v) is 4.24. The Morgan fingerprint density at radius 1 is 1.04 bits per heavy atom. The van der Waals surface area contributed by atoms with Crippen molar-refractivity contribution in [2.75, 3.05) is 0 Å². The molecule has 3 rings (SSSR count). The number of hydrogen-bond acceptors (Lipinski definition) is 6. The van der Waals surface area contributed by atoms with E-state index in [-0.39, 0.29) is 28.8 Å². The van der Waals surface area contributed by atoms with Gasteiger partial charge >= 0.3 is 5.97 Å². The summed E-state index contributed by atoms with van der Waals surface area (Å²) in [6, 6.07) is 6.92. The summed E-state index contributed by atoms with van der Waals surface area (Å²) in [5, 5.41) is 38.2. The number of Topliss-reactive ketones (excluding diaryl/α,β-unsaturated/α-hetero) is 1. The molecule has 0 spiro atoms. The number of ketones is 1. The molecule has 1 aliphatic heterocycles. The summed E-state index contributed by atoms with van der Waals surface area (Å²) in [4.78, 5) is 23.2. The van der Waals surface area contributed by atoms with E-state index in [1.165, 1.54) is 43.3 Å². The van der Waals surface area contributed by atoms with Crippen molar-refractivity contribution >= 4 is 17.8 Å². The van der Waals surface area contributed by atoms with Crippen molar-refractivity contribution in [2.45, 2.75) is 18.9 Å². The smallest absolute Gasteiger partial charge is 0.328 e. The van der Waals surface area contributed by atoms with Crippen LogP contribution in [0.1, 0.15) is 35.6 Å². The zero-order valence-corrected chi connectivity index (χ0v) is 13.7. The summed E-state index contributed by atoms with van der Waals surface area (Å²) < 4.78 is 5.80. The maximum atomic E-state index is 12.3. The van der Waals surface area contributed by atoms with E-state index < -0.39 is 18.0 Å². The minimum atomic E-state index is -1.15. The molecule has 0 fully saturated rings. The van der Waals surface area contributed by atoms with Crippen LogP contribution < -0.4 is 4.74 Å². The number of fused-ring (bicyclic) bond motifs is 1. The first-order valence-corrected chi connectivity index (χ1v) is 7.75. The monoisotopic (exact) mass is 356 g/mol. The van der Waals surface area contributed by atoms with Crippen LogP contribution in [0.25, 0.3) is 6.08 Å². The Morgan fingerprint density at radius 2 is 1.73 bits per heavy atom. The number of phenols is 3. The zero-order valence-electron chi connectivity index (χ0n) is 13.7. The van der Waals surface area contributed by atoms with Gasteiger partial charge in [0.1, 0.15) is 11.9 Å². The third-order valence-electron chi connectivity index (χ3n) is 4.24. The van der Waals surface area contributed by atoms with Gasteiger partial charge in [-0.25, -0.2) is 4.79 Å². The number of aliphatic carboxylic acids is 1. The normalized spacial score (nSPS) is 18.5. The van der Waals surface area contributed by atoms with E-state index in [2.05, 4.69) is 0 Å². The van der Waals surface area contributed by atoms with Gasteiger partial charge in [0.25, 0.3) is 0 Å². The van der Waals surface area contributed by atoms with Crippen LogP contribution >= 0.6 is 0 Å². The van der Waals surface area contributed by atoms with Crippen molar-refractivity contribution in [1.29, 1.82) is 0 Å². The van der Waals surface area contributed by atoms with Crippen LogP contribution in [-0.4, -0.2) is 32.2 Å². The number of benzene rings is 2. The number of aromatic hydroxyl groups is 3. The van der Waals surface area contributed by atoms with Gasteiger partial charge in [0.05, 0.1) is 5.92 Å². The number of rotatable bonds is 4. The average molecular weight is 356 g/mol. The van der Waals surface area contributed by atoms with Crippen LogP contribution in [0.5, 0.6) is 23.0 Å². The van der Waals surface area contributed by atoms with Crippen molar-refractivity contribution in [3.8, 4) is 23.0 Å². The van der Waals surface area contributed by atoms with Crippen LogP contribution in [-0.2, 0) is 9.59 Å². The lowest BCUT2D eigenvalue weighted by atomic mass is 9.85. The number of carbonyl (C=O) groups is 2. The molecule has 2 unspecified atom stereocenters. The fourth-order valence-electron chi connectivity index (χ4n) is 3.10. The first-order valence-electron chi connectivity index (χ1n) is 7.75. The summed E-state index contributed by atoms with van der Waals surface area (Å²) >= 11 is 0. The summed E-state index contributed by atoms with van der Waals surface area (Å²) in [5.74, 6) is -2.97. The molecule has 0 saturated carbocycles. The van der Waals surface area contributed by atoms with E-state index in [0.29, 0.717) is 16.7 Å². The van der Waals surface area contributed by atoms with Gasteiger partial charge < -0.3 is 25.2 Å². The molecule has 7 nitrogen and oxygen atoms in total. The molecule has 134 valence electrons. The number of carbonyl (C=O) groups excluding carboxylic acids is 1. The van der Waals surface area contributed by atoms with E-state index in [0.717, 1.165) is 6.08 Å². The number of ether oxygens (including phenoxy) is 1. The molecule has 0 amide bonds. The molecule has 0 aromatic heterocycles. The molecule has 26 heavy (non-hydrogen) atoms. The first-order chi connectivity index (χ1) is 12.3. The Bertz CT molecular complexity index is 930. The lowest BCUT2D eigenvalue weighted by Crippen LogP contribution is -2.17. The SMILES string of the molecule is CC(=O)C1c2c(/C=C/C(=O)O)ccc(O)c2OC1c1ccc(O)c(O)c1. The van der Waals surface area contributed by atoms with Crippen molar-refractivity contribution in [2.24, 2.45) is 0 Å². The van der Waals surface area contributed by atoms with Crippen LogP contribution in [0.4, 0.5) is 0 Å². The summed E-state index contributed by atoms with van der Waals surface area (Å²) in [5.41, 5.74) is 1.25. The van der Waals surface area contributed by atoms with Gasteiger partial charge in [-0.1, -0.05) is 12.1 Å². The topological polar surface area (TPSA) is 124 Å². The molecule has 7 heteroatoms. The van der Waals surface area contributed by atoms with E-state index >= 15 is 0 Å². The first kappa shape index (κ1) is 17.3. The number of hydrogen-bond donors (Lipinski definition) is 4. The average Bonchev–Trinajstić information content (AvgIpc) is 2.98. The van der Waals surface area contributed by atoms with Gasteiger partial charge in [0.15, 0.2) is 23.0 Å². The second-order valence-electron chi connectivity index (χ2n) is 5.96. The third kappa shape index (κ3) is 2.95. The van der Waals surface area contributed by atoms with Gasteiger partial charge in [-0.05, 0) is 42.3 Å². The lowest BCUT2D eigenvalue weighted by molar-refractivity contribution is -0.131. The highest BCUT2D eigenvalue weighted by Crippen LogP contribution is 2.52. The molecule has 1 heterocycles. The number of carboxylic acid groups (broad SMARTS) is 1. The van der Waals surface area contributed by atoms with E-state index in [4.69, 9.17) is 9.84 Å². The molecule has 0 aliphatic carbocycles. The Kier molecular flexibility index (Phi) is 4.29. The molecule has 0 saturated heterocycles. The standard InChI is InChI=1S/C19H16O7/c1-9(20)16-17-10(4-7-15(24)25)2-6-13(22)19(17)26-18(16)11-3-5-12(21)14(23)8-11/h2-8,16,18,21-23H,1H3,(H,24,25)/b7-4+. The Balaban J connectivity index is 2.15. The van der Waals surface area contributed by atoms with Crippen LogP contribution in [0.2, 0.25) is 0 Å². The van der Waals surface area contributed by atoms with Gasteiger partial charge in [-0.2, -0.15) is 0 Å². The molecule has 1 aliphatic rings. The number of phenolic OH excluding ortho intramolecular Hbond substituents is 3. The quantitative estimate of drug-likeness (QED) is 0.490. The van der Waals surface area contributed by atoms with Crippen molar-refractivity contribution in [3.05, 3.63) is 53.1 Å². The number of carboxylic acids is 1. The Labute approximate surface area is 148 Å². The second-order valence-corrected chi connectivity index (χ2v) is 5.96. The molecular formula is C19H16O7. The van der Waals surface area contributed by atoms with Crippen LogP contribution in [0.3, 0.4) is 0 Å². The summed E-state index contributed by atoms with van der Waals surface area (Å²) in [6.07, 6.45) is 1.43. The fraction of sp³-hybridized carbons (Fsp3) is 0.158. The van der Waals surface area contributed by atoms with Gasteiger partial charge in [0, 0.05) is 11.6 Å². The lowest BCUT2D eigenvalue weighted by Gasteiger charge is -2.18.